The highest BCUT2D eigenvalue weighted by Gasteiger charge is 2.18. The first kappa shape index (κ1) is 17.8. The SMILES string of the molecule is Cc1c(C(=O)Nc2cccc(OCCCC#N)c2)oc2ccc(Cl)cc12. The van der Waals surface area contributed by atoms with E-state index in [0.717, 1.165) is 10.9 Å². The van der Waals surface area contributed by atoms with Crippen LogP contribution in [0.1, 0.15) is 29.0 Å². The molecule has 5 nitrogen and oxygen atoms in total. The van der Waals surface area contributed by atoms with E-state index in [1.807, 2.05) is 6.92 Å². The Kier molecular flexibility index (Phi) is 5.45. The third-order valence-corrected chi connectivity index (χ3v) is 4.13. The quantitative estimate of drug-likeness (QED) is 0.596. The number of nitriles is 1. The standard InChI is InChI=1S/C20H17ClN2O3/c1-13-17-11-14(21)7-8-18(17)26-19(13)20(24)23-15-5-4-6-16(12-15)25-10-3-2-9-22/h4-8,11-12H,2-3,10H2,1H3,(H,23,24). The summed E-state index contributed by atoms with van der Waals surface area (Å²) in [6.45, 7) is 2.28. The second-order valence-corrected chi connectivity index (χ2v) is 6.23. The summed E-state index contributed by atoms with van der Waals surface area (Å²) in [6.07, 6.45) is 1.11. The largest absolute Gasteiger partial charge is 0.493 e. The zero-order valence-corrected chi connectivity index (χ0v) is 15.0. The summed E-state index contributed by atoms with van der Waals surface area (Å²) in [5.41, 5.74) is 1.96. The van der Waals surface area contributed by atoms with Crippen molar-refractivity contribution >= 4 is 34.2 Å². The van der Waals surface area contributed by atoms with Crippen LogP contribution in [-0.2, 0) is 0 Å². The Morgan fingerprint density at radius 3 is 2.96 bits per heavy atom. The summed E-state index contributed by atoms with van der Waals surface area (Å²) in [7, 11) is 0. The minimum atomic E-state index is -0.337. The van der Waals surface area contributed by atoms with Crippen LogP contribution in [0.3, 0.4) is 0 Å². The van der Waals surface area contributed by atoms with Gasteiger partial charge in [-0.2, -0.15) is 5.26 Å². The van der Waals surface area contributed by atoms with Gasteiger partial charge in [-0.3, -0.25) is 4.79 Å². The molecule has 0 aliphatic heterocycles. The maximum Gasteiger partial charge on any atom is 0.291 e. The lowest BCUT2D eigenvalue weighted by Gasteiger charge is -2.08. The van der Waals surface area contributed by atoms with Crippen LogP contribution in [0.4, 0.5) is 5.69 Å². The Morgan fingerprint density at radius 2 is 2.15 bits per heavy atom. The van der Waals surface area contributed by atoms with Crippen LogP contribution in [0, 0.1) is 18.3 Å². The zero-order chi connectivity index (χ0) is 18.5. The van der Waals surface area contributed by atoms with E-state index >= 15 is 0 Å². The fraction of sp³-hybridized carbons (Fsp3) is 0.200. The molecule has 1 N–H and O–H groups in total. The molecule has 0 saturated carbocycles. The van der Waals surface area contributed by atoms with E-state index in [1.165, 1.54) is 0 Å². The van der Waals surface area contributed by atoms with Crippen molar-refractivity contribution < 1.29 is 13.9 Å². The minimum Gasteiger partial charge on any atom is -0.493 e. The van der Waals surface area contributed by atoms with Gasteiger partial charge in [0.1, 0.15) is 11.3 Å². The first-order valence-corrected chi connectivity index (χ1v) is 8.56. The lowest BCUT2D eigenvalue weighted by molar-refractivity contribution is 0.0998. The molecule has 0 saturated heterocycles. The topological polar surface area (TPSA) is 75.3 Å². The molecule has 0 fully saturated rings. The number of carbonyl (C=O) groups is 1. The number of carbonyl (C=O) groups excluding carboxylic acids is 1. The summed E-state index contributed by atoms with van der Waals surface area (Å²) in [5.74, 6) is 0.549. The van der Waals surface area contributed by atoms with E-state index in [4.69, 9.17) is 26.0 Å². The summed E-state index contributed by atoms with van der Waals surface area (Å²) in [4.78, 5) is 12.6. The predicted octanol–water partition coefficient (Wildman–Crippen LogP) is 5.33. The number of ether oxygens (including phenoxy) is 1. The Bertz CT molecular complexity index is 988. The van der Waals surface area contributed by atoms with Gasteiger partial charge < -0.3 is 14.5 Å². The van der Waals surface area contributed by atoms with E-state index in [-0.39, 0.29) is 11.7 Å². The highest BCUT2D eigenvalue weighted by Crippen LogP contribution is 2.28. The first-order chi connectivity index (χ1) is 12.6. The zero-order valence-electron chi connectivity index (χ0n) is 14.2. The van der Waals surface area contributed by atoms with Crippen LogP contribution < -0.4 is 10.1 Å². The molecule has 1 heterocycles. The van der Waals surface area contributed by atoms with Crippen molar-refractivity contribution in [3.63, 3.8) is 0 Å². The number of unbranched alkanes of at least 4 members (excludes halogenated alkanes) is 1. The Morgan fingerprint density at radius 1 is 1.31 bits per heavy atom. The van der Waals surface area contributed by atoms with Crippen LogP contribution in [0.2, 0.25) is 5.02 Å². The molecule has 1 amide bonds. The van der Waals surface area contributed by atoms with Gasteiger partial charge >= 0.3 is 0 Å². The molecule has 0 bridgehead atoms. The van der Waals surface area contributed by atoms with Crippen LogP contribution in [-0.4, -0.2) is 12.5 Å². The molecule has 0 aliphatic carbocycles. The predicted molar refractivity (Wildman–Crippen MR) is 101 cm³/mol. The third kappa shape index (κ3) is 3.98. The highest BCUT2D eigenvalue weighted by molar-refractivity contribution is 6.31. The van der Waals surface area contributed by atoms with Gasteiger partial charge in [-0.1, -0.05) is 17.7 Å². The van der Waals surface area contributed by atoms with Crippen molar-refractivity contribution in [3.8, 4) is 11.8 Å². The Hall–Kier alpha value is -2.97. The molecule has 3 rings (SSSR count). The van der Waals surface area contributed by atoms with Crippen LogP contribution in [0.5, 0.6) is 5.75 Å². The summed E-state index contributed by atoms with van der Waals surface area (Å²) in [5, 5.41) is 12.8. The number of hydrogen-bond acceptors (Lipinski definition) is 4. The normalized spacial score (nSPS) is 10.5. The van der Waals surface area contributed by atoms with Crippen molar-refractivity contribution in [1.29, 1.82) is 5.26 Å². The number of benzene rings is 2. The number of fused-ring (bicyclic) bond motifs is 1. The smallest absolute Gasteiger partial charge is 0.291 e. The number of amides is 1. The molecule has 0 radical (unpaired) electrons. The number of hydrogen-bond donors (Lipinski definition) is 1. The fourth-order valence-electron chi connectivity index (χ4n) is 2.60. The van der Waals surface area contributed by atoms with Gasteiger partial charge in [0.15, 0.2) is 5.76 Å². The summed E-state index contributed by atoms with van der Waals surface area (Å²) >= 11 is 6.01. The van der Waals surface area contributed by atoms with Crippen molar-refractivity contribution in [2.75, 3.05) is 11.9 Å². The lowest BCUT2D eigenvalue weighted by Crippen LogP contribution is -2.12. The van der Waals surface area contributed by atoms with Crippen molar-refractivity contribution in [1.82, 2.24) is 0 Å². The maximum absolute atomic E-state index is 12.6. The van der Waals surface area contributed by atoms with Crippen LogP contribution in [0.25, 0.3) is 11.0 Å². The van der Waals surface area contributed by atoms with E-state index in [2.05, 4.69) is 11.4 Å². The first-order valence-electron chi connectivity index (χ1n) is 8.18. The van der Waals surface area contributed by atoms with Crippen LogP contribution in [0.15, 0.2) is 46.9 Å². The average Bonchev–Trinajstić information content (AvgIpc) is 2.96. The number of rotatable bonds is 6. The third-order valence-electron chi connectivity index (χ3n) is 3.90. The van der Waals surface area contributed by atoms with Crippen molar-refractivity contribution in [3.05, 3.63) is 58.8 Å². The number of furan rings is 1. The molecule has 0 unspecified atom stereocenters. The van der Waals surface area contributed by atoms with Gasteiger partial charge in [-0.15, -0.1) is 0 Å². The van der Waals surface area contributed by atoms with Crippen molar-refractivity contribution in [2.45, 2.75) is 19.8 Å². The highest BCUT2D eigenvalue weighted by atomic mass is 35.5. The van der Waals surface area contributed by atoms with Gasteiger partial charge in [0.05, 0.1) is 12.7 Å². The Balaban J connectivity index is 1.74. The molecule has 6 heteroatoms. The molecule has 1 aromatic heterocycles. The molecule has 0 atom stereocenters. The second kappa shape index (κ2) is 7.94. The number of anilines is 1. The molecule has 132 valence electrons. The maximum atomic E-state index is 12.6. The number of halogens is 1. The molecular weight excluding hydrogens is 352 g/mol. The monoisotopic (exact) mass is 368 g/mol. The number of nitrogens with zero attached hydrogens (tertiary/aromatic N) is 1. The second-order valence-electron chi connectivity index (χ2n) is 5.79. The molecular formula is C20H17ClN2O3. The van der Waals surface area contributed by atoms with Gasteiger partial charge in [0.2, 0.25) is 0 Å². The van der Waals surface area contributed by atoms with E-state index in [9.17, 15) is 4.79 Å². The molecule has 26 heavy (non-hydrogen) atoms. The molecule has 0 spiro atoms. The van der Waals surface area contributed by atoms with Gasteiger partial charge in [0.25, 0.3) is 5.91 Å². The molecule has 3 aromatic rings. The van der Waals surface area contributed by atoms with E-state index < -0.39 is 0 Å². The number of aryl methyl sites for hydroxylation is 1. The summed E-state index contributed by atoms with van der Waals surface area (Å²) in [6, 6.07) is 14.4. The van der Waals surface area contributed by atoms with Gasteiger partial charge in [0, 0.05) is 34.1 Å². The molecule has 0 aliphatic rings. The van der Waals surface area contributed by atoms with E-state index in [1.54, 1.807) is 42.5 Å². The number of nitrogens with one attached hydrogen (secondary N) is 1. The van der Waals surface area contributed by atoms with Crippen molar-refractivity contribution in [2.24, 2.45) is 0 Å². The fourth-order valence-corrected chi connectivity index (χ4v) is 2.77. The Labute approximate surface area is 156 Å². The summed E-state index contributed by atoms with van der Waals surface area (Å²) < 4.78 is 11.3. The molecule has 2 aromatic carbocycles. The minimum absolute atomic E-state index is 0.252. The lowest BCUT2D eigenvalue weighted by atomic mass is 10.1. The average molecular weight is 369 g/mol. The van der Waals surface area contributed by atoms with Gasteiger partial charge in [-0.25, -0.2) is 0 Å². The van der Waals surface area contributed by atoms with E-state index in [0.29, 0.717) is 41.5 Å². The van der Waals surface area contributed by atoms with Crippen LogP contribution >= 0.6 is 11.6 Å². The van der Waals surface area contributed by atoms with Gasteiger partial charge in [-0.05, 0) is 43.7 Å².